The maximum absolute atomic E-state index is 12.1. The number of nitrogens with zero attached hydrogens (tertiary/aromatic N) is 2. The minimum absolute atomic E-state index is 0.0132. The molecule has 0 atom stereocenters. The number of rotatable bonds is 5. The van der Waals surface area contributed by atoms with Gasteiger partial charge in [0, 0.05) is 0 Å². The topological polar surface area (TPSA) is 97.8 Å². The third-order valence-corrected chi connectivity index (χ3v) is 9.90. The van der Waals surface area contributed by atoms with Gasteiger partial charge in [-0.1, -0.05) is 20.8 Å². The van der Waals surface area contributed by atoms with Crippen LogP contribution in [0.3, 0.4) is 0 Å². The van der Waals surface area contributed by atoms with Crippen LogP contribution in [0.25, 0.3) is 0 Å². The molecule has 1 aromatic rings. The van der Waals surface area contributed by atoms with E-state index >= 15 is 0 Å². The minimum Gasteiger partial charge on any atom is -0.542 e. The van der Waals surface area contributed by atoms with Crippen molar-refractivity contribution in [3.63, 3.8) is 0 Å². The number of pyridine rings is 1. The van der Waals surface area contributed by atoms with Crippen LogP contribution < -0.4 is 9.15 Å². The summed E-state index contributed by atoms with van der Waals surface area (Å²) in [5.41, 5.74) is 0. The number of ether oxygens (including phenoxy) is 1. The van der Waals surface area contributed by atoms with Gasteiger partial charge in [0.1, 0.15) is 18.2 Å². The van der Waals surface area contributed by atoms with Gasteiger partial charge in [-0.15, -0.1) is 0 Å². The van der Waals surface area contributed by atoms with Gasteiger partial charge in [-0.3, -0.25) is 0 Å². The summed E-state index contributed by atoms with van der Waals surface area (Å²) in [6.45, 7) is 10.7. The van der Waals surface area contributed by atoms with Gasteiger partial charge >= 0.3 is 16.3 Å². The molecular weight excluding hydrogens is 350 g/mol. The first-order valence-electron chi connectivity index (χ1n) is 7.55. The molecule has 8 nitrogen and oxygen atoms in total. The Morgan fingerprint density at radius 3 is 2.46 bits per heavy atom. The molecule has 24 heavy (non-hydrogen) atoms. The molecule has 2 heterocycles. The smallest absolute Gasteiger partial charge is 0.425 e. The largest absolute Gasteiger partial charge is 0.542 e. The van der Waals surface area contributed by atoms with Crippen molar-refractivity contribution < 1.29 is 22.4 Å². The molecule has 0 bridgehead atoms. The van der Waals surface area contributed by atoms with Gasteiger partial charge in [-0.25, -0.2) is 14.5 Å². The van der Waals surface area contributed by atoms with Crippen LogP contribution in [0.1, 0.15) is 20.8 Å². The maximum Gasteiger partial charge on any atom is 0.425 e. The quantitative estimate of drug-likeness (QED) is 0.797. The summed E-state index contributed by atoms with van der Waals surface area (Å²) in [4.78, 5) is 15.4. The molecule has 1 amide bonds. The minimum atomic E-state index is -4.02. The van der Waals surface area contributed by atoms with Gasteiger partial charge in [-0.05, 0) is 30.3 Å². The van der Waals surface area contributed by atoms with Gasteiger partial charge < -0.3 is 9.16 Å². The van der Waals surface area contributed by atoms with E-state index in [1.54, 1.807) is 6.07 Å². The molecule has 1 fully saturated rings. The zero-order valence-corrected chi connectivity index (χ0v) is 16.3. The molecule has 0 saturated carbocycles. The predicted molar refractivity (Wildman–Crippen MR) is 92.7 cm³/mol. The second kappa shape index (κ2) is 6.24. The summed E-state index contributed by atoms with van der Waals surface area (Å²) in [5, 5.41) is 0.0450. The number of anilines is 1. The summed E-state index contributed by atoms with van der Waals surface area (Å²) in [7, 11) is -6.01. The molecule has 1 saturated heterocycles. The standard InChI is InChI=1S/C14H23N3O5SSi/c1-14(2,3)24(4,5)22-11-6-7-12(15-10-11)16-23(19,20)17-8-9-21-13(17)18/h6-7,10H,8-9H2,1-5H3,(H,15,16). The number of carbonyl (C=O) groups excluding carboxylic acids is 1. The van der Waals surface area contributed by atoms with E-state index in [1.807, 2.05) is 0 Å². The molecule has 1 aromatic heterocycles. The van der Waals surface area contributed by atoms with Crippen LogP contribution >= 0.6 is 0 Å². The van der Waals surface area contributed by atoms with E-state index < -0.39 is 24.6 Å². The Labute approximate surface area is 143 Å². The summed E-state index contributed by atoms with van der Waals surface area (Å²) >= 11 is 0. The van der Waals surface area contributed by atoms with E-state index in [4.69, 9.17) is 4.43 Å². The number of aromatic nitrogens is 1. The molecule has 2 rings (SSSR count). The third kappa shape index (κ3) is 3.98. The Hall–Kier alpha value is -1.81. The van der Waals surface area contributed by atoms with Gasteiger partial charge in [-0.2, -0.15) is 12.7 Å². The highest BCUT2D eigenvalue weighted by Gasteiger charge is 2.39. The van der Waals surface area contributed by atoms with Crippen LogP contribution in [-0.4, -0.2) is 45.3 Å². The summed E-state index contributed by atoms with van der Waals surface area (Å²) in [5.74, 6) is 0.697. The molecule has 0 aromatic carbocycles. The molecule has 0 aliphatic carbocycles. The number of nitrogens with one attached hydrogen (secondary N) is 1. The fourth-order valence-corrected chi connectivity index (χ4v) is 3.81. The zero-order chi connectivity index (χ0) is 18.2. The summed E-state index contributed by atoms with van der Waals surface area (Å²) in [6.07, 6.45) is 0.584. The molecular formula is C14H23N3O5SSi. The lowest BCUT2D eigenvalue weighted by molar-refractivity contribution is 0.170. The normalized spacial score (nSPS) is 16.0. The van der Waals surface area contributed by atoms with Crippen LogP contribution in [0.4, 0.5) is 10.6 Å². The van der Waals surface area contributed by atoms with Crippen molar-refractivity contribution in [1.29, 1.82) is 0 Å². The second-order valence-electron chi connectivity index (χ2n) is 7.04. The number of carbonyl (C=O) groups is 1. The number of hydrogen-bond donors (Lipinski definition) is 1. The van der Waals surface area contributed by atoms with E-state index in [0.29, 0.717) is 10.1 Å². The van der Waals surface area contributed by atoms with Gasteiger partial charge in [0.05, 0.1) is 12.7 Å². The highest BCUT2D eigenvalue weighted by molar-refractivity contribution is 7.90. The zero-order valence-electron chi connectivity index (χ0n) is 14.5. The van der Waals surface area contributed by atoms with Crippen LogP contribution in [0.2, 0.25) is 18.1 Å². The van der Waals surface area contributed by atoms with Crippen molar-refractivity contribution in [2.24, 2.45) is 0 Å². The van der Waals surface area contributed by atoms with Gasteiger partial charge in [0.15, 0.2) is 0 Å². The van der Waals surface area contributed by atoms with Gasteiger partial charge in [0.2, 0.25) is 0 Å². The van der Waals surface area contributed by atoms with E-state index in [9.17, 15) is 13.2 Å². The molecule has 1 aliphatic heterocycles. The Kier molecular flexibility index (Phi) is 4.82. The Bertz CT molecular complexity index is 713. The fourth-order valence-electron chi connectivity index (χ4n) is 1.73. The van der Waals surface area contributed by atoms with Crippen LogP contribution in [0, 0.1) is 0 Å². The molecule has 134 valence electrons. The molecule has 1 aliphatic rings. The van der Waals surface area contributed by atoms with Crippen molar-refractivity contribution in [1.82, 2.24) is 9.29 Å². The predicted octanol–water partition coefficient (Wildman–Crippen LogP) is 2.57. The van der Waals surface area contributed by atoms with Crippen molar-refractivity contribution in [3.8, 4) is 5.75 Å². The van der Waals surface area contributed by atoms with E-state index in [0.717, 1.165) is 0 Å². The molecule has 10 heteroatoms. The Morgan fingerprint density at radius 2 is 2.00 bits per heavy atom. The second-order valence-corrected chi connectivity index (χ2v) is 13.4. The number of amides is 1. The lowest BCUT2D eigenvalue weighted by Gasteiger charge is -2.36. The van der Waals surface area contributed by atoms with Crippen LogP contribution in [0.15, 0.2) is 18.3 Å². The van der Waals surface area contributed by atoms with E-state index in [2.05, 4.69) is 48.3 Å². The average molecular weight is 374 g/mol. The highest BCUT2D eigenvalue weighted by atomic mass is 32.2. The third-order valence-electron chi connectivity index (χ3n) is 4.16. The lowest BCUT2D eigenvalue weighted by atomic mass is 10.2. The van der Waals surface area contributed by atoms with Gasteiger partial charge in [0.25, 0.3) is 8.32 Å². The monoisotopic (exact) mass is 373 g/mol. The van der Waals surface area contributed by atoms with Crippen LogP contribution in [0.5, 0.6) is 5.75 Å². The maximum atomic E-state index is 12.1. The molecule has 0 spiro atoms. The number of hydrogen-bond acceptors (Lipinski definition) is 6. The summed E-state index contributed by atoms with van der Waals surface area (Å²) < 4.78 is 37.8. The highest BCUT2D eigenvalue weighted by Crippen LogP contribution is 2.37. The Morgan fingerprint density at radius 1 is 1.33 bits per heavy atom. The molecule has 0 unspecified atom stereocenters. The SMILES string of the molecule is CC(C)(C)[Si](C)(C)Oc1ccc(NS(=O)(=O)N2CCOC2=O)nc1. The first-order chi connectivity index (χ1) is 10.9. The molecule has 1 N–H and O–H groups in total. The van der Waals surface area contributed by atoms with E-state index in [-0.39, 0.29) is 24.0 Å². The van der Waals surface area contributed by atoms with Crippen molar-refractivity contribution >= 4 is 30.4 Å². The van der Waals surface area contributed by atoms with Crippen molar-refractivity contribution in [2.75, 3.05) is 17.9 Å². The lowest BCUT2D eigenvalue weighted by Crippen LogP contribution is -2.43. The first kappa shape index (κ1) is 18.5. The van der Waals surface area contributed by atoms with Crippen LogP contribution in [-0.2, 0) is 14.9 Å². The van der Waals surface area contributed by atoms with E-state index in [1.165, 1.54) is 12.3 Å². The van der Waals surface area contributed by atoms with Crippen molar-refractivity contribution in [3.05, 3.63) is 18.3 Å². The average Bonchev–Trinajstić information content (AvgIpc) is 2.86. The first-order valence-corrected chi connectivity index (χ1v) is 11.9. The van der Waals surface area contributed by atoms with Crippen molar-refractivity contribution in [2.45, 2.75) is 38.9 Å². The molecule has 0 radical (unpaired) electrons. The fraction of sp³-hybridized carbons (Fsp3) is 0.571. The number of cyclic esters (lactones) is 1. The Balaban J connectivity index is 2.09. The summed E-state index contributed by atoms with van der Waals surface area (Å²) in [6, 6.07) is 3.16.